The molecular formula is C26H52NO7P. The molecule has 8 nitrogen and oxygen atoms in total. The second-order valence-electron chi connectivity index (χ2n) is 9.11. The summed E-state index contributed by atoms with van der Waals surface area (Å²) in [6.07, 6.45) is 20.3. The van der Waals surface area contributed by atoms with Gasteiger partial charge in [0.1, 0.15) is 0 Å². The number of amides is 1. The zero-order valence-electron chi connectivity index (χ0n) is 22.4. The molecule has 208 valence electrons. The highest BCUT2D eigenvalue weighted by molar-refractivity contribution is 7.47. The molecule has 0 rings (SSSR count). The standard InChI is InChI=1S/C26H52NO7P/c1-3-5-6-7-8-9-10-11-12-13-14-15-16-17-18-20-26(29)32-22-19-23-33-35(30,31)34-24-21-27-25(28)4-2/h3-24H2,1-2H3,(H,27,28)(H,30,31). The highest BCUT2D eigenvalue weighted by atomic mass is 31.2. The second-order valence-corrected chi connectivity index (χ2v) is 10.6. The number of esters is 1. The molecule has 0 aliphatic carbocycles. The van der Waals surface area contributed by atoms with E-state index in [-0.39, 0.29) is 38.2 Å². The van der Waals surface area contributed by atoms with Crippen molar-refractivity contribution in [3.63, 3.8) is 0 Å². The topological polar surface area (TPSA) is 111 Å². The van der Waals surface area contributed by atoms with Gasteiger partial charge < -0.3 is 14.9 Å². The Hall–Kier alpha value is -0.950. The van der Waals surface area contributed by atoms with E-state index in [4.69, 9.17) is 13.8 Å². The molecule has 0 heterocycles. The van der Waals surface area contributed by atoms with E-state index in [0.717, 1.165) is 19.3 Å². The molecule has 0 aromatic heterocycles. The van der Waals surface area contributed by atoms with Gasteiger partial charge in [-0.3, -0.25) is 18.6 Å². The normalized spacial score (nSPS) is 12.9. The van der Waals surface area contributed by atoms with Crippen molar-refractivity contribution in [1.82, 2.24) is 5.32 Å². The molecule has 9 heteroatoms. The van der Waals surface area contributed by atoms with Gasteiger partial charge in [0, 0.05) is 25.8 Å². The molecule has 0 fully saturated rings. The third-order valence-corrected chi connectivity index (χ3v) is 6.81. The van der Waals surface area contributed by atoms with Crippen LogP contribution in [0.4, 0.5) is 0 Å². The number of hydrogen-bond acceptors (Lipinski definition) is 6. The smallest absolute Gasteiger partial charge is 0.466 e. The zero-order chi connectivity index (χ0) is 26.0. The molecular weight excluding hydrogens is 469 g/mol. The van der Waals surface area contributed by atoms with Crippen LogP contribution < -0.4 is 5.32 Å². The maximum atomic E-state index is 11.8. The van der Waals surface area contributed by atoms with Crippen LogP contribution in [0.2, 0.25) is 0 Å². The maximum Gasteiger partial charge on any atom is 0.472 e. The minimum atomic E-state index is -4.16. The highest BCUT2D eigenvalue weighted by Crippen LogP contribution is 2.42. The van der Waals surface area contributed by atoms with Crippen LogP contribution in [0.15, 0.2) is 0 Å². The lowest BCUT2D eigenvalue weighted by atomic mass is 10.0. The van der Waals surface area contributed by atoms with Gasteiger partial charge in [-0.2, -0.15) is 0 Å². The van der Waals surface area contributed by atoms with Crippen LogP contribution in [-0.2, 0) is 27.9 Å². The molecule has 0 saturated heterocycles. The maximum absolute atomic E-state index is 11.8. The Kier molecular flexibility index (Phi) is 24.1. The molecule has 0 radical (unpaired) electrons. The molecule has 0 aromatic carbocycles. The van der Waals surface area contributed by atoms with Gasteiger partial charge >= 0.3 is 13.8 Å². The van der Waals surface area contributed by atoms with Gasteiger partial charge in [-0.15, -0.1) is 0 Å². The minimum Gasteiger partial charge on any atom is -0.466 e. The average Bonchev–Trinajstić information content (AvgIpc) is 2.83. The van der Waals surface area contributed by atoms with Crippen molar-refractivity contribution in [2.24, 2.45) is 0 Å². The third kappa shape index (κ3) is 25.9. The molecule has 1 unspecified atom stereocenters. The van der Waals surface area contributed by atoms with Crippen molar-refractivity contribution in [2.75, 3.05) is 26.4 Å². The van der Waals surface area contributed by atoms with Gasteiger partial charge in [0.25, 0.3) is 0 Å². The average molecular weight is 522 g/mol. The number of carbonyl (C=O) groups excluding carboxylic acids is 2. The number of carbonyl (C=O) groups is 2. The van der Waals surface area contributed by atoms with Crippen LogP contribution in [-0.4, -0.2) is 43.1 Å². The number of phosphoric ester groups is 1. The number of ether oxygens (including phenoxy) is 1. The molecule has 35 heavy (non-hydrogen) atoms. The van der Waals surface area contributed by atoms with Crippen LogP contribution in [0.3, 0.4) is 0 Å². The van der Waals surface area contributed by atoms with E-state index in [1.165, 1.54) is 77.0 Å². The van der Waals surface area contributed by atoms with E-state index in [0.29, 0.717) is 19.3 Å². The Bertz CT molecular complexity index is 560. The first kappa shape index (κ1) is 34.0. The fourth-order valence-corrected chi connectivity index (χ4v) is 4.41. The van der Waals surface area contributed by atoms with Crippen LogP contribution in [0.5, 0.6) is 0 Å². The fraction of sp³-hybridized carbons (Fsp3) is 0.923. The summed E-state index contributed by atoms with van der Waals surface area (Å²) >= 11 is 0. The molecule has 0 aromatic rings. The summed E-state index contributed by atoms with van der Waals surface area (Å²) in [5.41, 5.74) is 0. The minimum absolute atomic E-state index is 0.0542. The molecule has 1 amide bonds. The predicted octanol–water partition coefficient (Wildman–Crippen LogP) is 6.84. The lowest BCUT2D eigenvalue weighted by Crippen LogP contribution is -2.26. The van der Waals surface area contributed by atoms with Crippen molar-refractivity contribution in [1.29, 1.82) is 0 Å². The summed E-state index contributed by atoms with van der Waals surface area (Å²) in [6.45, 7) is 4.08. The molecule has 0 aliphatic rings. The van der Waals surface area contributed by atoms with Gasteiger partial charge in [-0.1, -0.05) is 104 Å². The van der Waals surface area contributed by atoms with Crippen molar-refractivity contribution in [3.8, 4) is 0 Å². The van der Waals surface area contributed by atoms with Crippen molar-refractivity contribution >= 4 is 19.7 Å². The predicted molar refractivity (Wildman–Crippen MR) is 140 cm³/mol. The van der Waals surface area contributed by atoms with Crippen LogP contribution in [0.1, 0.15) is 129 Å². The third-order valence-electron chi connectivity index (χ3n) is 5.79. The molecule has 1 atom stereocenters. The van der Waals surface area contributed by atoms with Crippen LogP contribution >= 0.6 is 7.82 Å². The zero-order valence-corrected chi connectivity index (χ0v) is 23.3. The van der Waals surface area contributed by atoms with E-state index >= 15 is 0 Å². The Morgan fingerprint density at radius 3 is 1.69 bits per heavy atom. The summed E-state index contributed by atoms with van der Waals surface area (Å²) in [5, 5.41) is 2.53. The first-order valence-corrected chi connectivity index (χ1v) is 15.4. The summed E-state index contributed by atoms with van der Waals surface area (Å²) in [6, 6.07) is 0. The van der Waals surface area contributed by atoms with Gasteiger partial charge in [0.2, 0.25) is 5.91 Å². The van der Waals surface area contributed by atoms with E-state index in [1.807, 2.05) is 0 Å². The quantitative estimate of drug-likeness (QED) is 0.0728. The molecule has 0 saturated carbocycles. The fourth-order valence-electron chi connectivity index (χ4n) is 3.65. The molecule has 2 N–H and O–H groups in total. The molecule has 0 spiro atoms. The lowest BCUT2D eigenvalue weighted by Gasteiger charge is -2.12. The number of phosphoric acid groups is 1. The van der Waals surface area contributed by atoms with Crippen molar-refractivity contribution < 1.29 is 32.8 Å². The van der Waals surface area contributed by atoms with Crippen molar-refractivity contribution in [3.05, 3.63) is 0 Å². The van der Waals surface area contributed by atoms with Gasteiger partial charge in [-0.25, -0.2) is 4.57 Å². The lowest BCUT2D eigenvalue weighted by molar-refractivity contribution is -0.144. The second kappa shape index (κ2) is 24.7. The van der Waals surface area contributed by atoms with Crippen LogP contribution in [0.25, 0.3) is 0 Å². The van der Waals surface area contributed by atoms with Crippen LogP contribution in [0, 0.1) is 0 Å². The van der Waals surface area contributed by atoms with Gasteiger partial charge in [0.05, 0.1) is 19.8 Å². The van der Waals surface area contributed by atoms with E-state index in [9.17, 15) is 19.0 Å². The Morgan fingerprint density at radius 2 is 1.17 bits per heavy atom. The SMILES string of the molecule is CCCCCCCCCCCCCCCCCC(=O)OCCCOP(=O)(O)OCCNC(=O)CC. The molecule has 0 aliphatic heterocycles. The highest BCUT2D eigenvalue weighted by Gasteiger charge is 2.20. The Morgan fingerprint density at radius 1 is 0.686 bits per heavy atom. The van der Waals surface area contributed by atoms with E-state index in [1.54, 1.807) is 6.92 Å². The van der Waals surface area contributed by atoms with Crippen molar-refractivity contribution in [2.45, 2.75) is 129 Å². The van der Waals surface area contributed by atoms with Gasteiger partial charge in [-0.05, 0) is 6.42 Å². The summed E-state index contributed by atoms with van der Waals surface area (Å²) in [7, 11) is -4.16. The first-order valence-electron chi connectivity index (χ1n) is 14.0. The number of unbranched alkanes of at least 4 members (excludes halogenated alkanes) is 14. The van der Waals surface area contributed by atoms with Gasteiger partial charge in [0.15, 0.2) is 0 Å². The molecule has 0 bridgehead atoms. The number of rotatable bonds is 26. The number of nitrogens with one attached hydrogen (secondary N) is 1. The monoisotopic (exact) mass is 521 g/mol. The Balaban J connectivity index is 3.39. The summed E-state index contributed by atoms with van der Waals surface area (Å²) in [5.74, 6) is -0.400. The number of hydrogen-bond donors (Lipinski definition) is 2. The summed E-state index contributed by atoms with van der Waals surface area (Å²) < 4.78 is 26.4. The first-order chi connectivity index (χ1) is 16.9. The Labute approximate surface area is 213 Å². The summed E-state index contributed by atoms with van der Waals surface area (Å²) in [4.78, 5) is 32.4. The van der Waals surface area contributed by atoms with E-state index < -0.39 is 7.82 Å². The largest absolute Gasteiger partial charge is 0.472 e. The van der Waals surface area contributed by atoms with E-state index in [2.05, 4.69) is 12.2 Å².